The highest BCUT2D eigenvalue weighted by molar-refractivity contribution is 8.26. The average Bonchev–Trinajstić information content (AvgIpc) is 3.25. The van der Waals surface area contributed by atoms with Crippen molar-refractivity contribution < 1.29 is 4.79 Å². The van der Waals surface area contributed by atoms with E-state index in [-0.39, 0.29) is 5.91 Å². The van der Waals surface area contributed by atoms with E-state index in [1.54, 1.807) is 18.8 Å². The fourth-order valence-electron chi connectivity index (χ4n) is 3.25. The van der Waals surface area contributed by atoms with Gasteiger partial charge in [0, 0.05) is 18.5 Å². The van der Waals surface area contributed by atoms with E-state index >= 15 is 0 Å². The van der Waals surface area contributed by atoms with Gasteiger partial charge in [-0.2, -0.15) is 0 Å². The number of thioether (sulfide) groups is 2. The van der Waals surface area contributed by atoms with Gasteiger partial charge in [-0.05, 0) is 30.2 Å². The summed E-state index contributed by atoms with van der Waals surface area (Å²) in [6.45, 7) is 2.98. The quantitative estimate of drug-likeness (QED) is 0.445. The number of thiocarbonyl (C=S) groups is 1. The fraction of sp³-hybridized carbons (Fsp3) is 0.130. The second-order valence-corrected chi connectivity index (χ2v) is 9.23. The van der Waals surface area contributed by atoms with Gasteiger partial charge in [-0.3, -0.25) is 9.69 Å². The predicted octanol–water partition coefficient (Wildman–Crippen LogP) is 5.80. The zero-order valence-corrected chi connectivity index (χ0v) is 18.6. The average molecular weight is 437 g/mol. The second kappa shape index (κ2) is 8.61. The van der Waals surface area contributed by atoms with Crippen molar-refractivity contribution in [3.8, 4) is 0 Å². The predicted molar refractivity (Wildman–Crippen MR) is 129 cm³/mol. The summed E-state index contributed by atoms with van der Waals surface area (Å²) in [6.07, 6.45) is 3.93. The minimum Gasteiger partial charge on any atom is -0.335 e. The van der Waals surface area contributed by atoms with E-state index in [1.165, 1.54) is 38.4 Å². The van der Waals surface area contributed by atoms with Gasteiger partial charge in [0.25, 0.3) is 5.91 Å². The summed E-state index contributed by atoms with van der Waals surface area (Å²) >= 11 is 8.33. The van der Waals surface area contributed by atoms with Gasteiger partial charge in [0.05, 0.1) is 15.6 Å². The molecule has 29 heavy (non-hydrogen) atoms. The molecule has 0 aliphatic carbocycles. The molecule has 2 heterocycles. The van der Waals surface area contributed by atoms with Crippen LogP contribution in [-0.4, -0.2) is 33.6 Å². The Hall–Kier alpha value is -2.28. The number of rotatable bonds is 4. The lowest BCUT2D eigenvalue weighted by atomic mass is 10.1. The number of allylic oxidation sites excluding steroid dienone is 2. The third-order valence-corrected chi connectivity index (χ3v) is 7.42. The number of benzene rings is 2. The van der Waals surface area contributed by atoms with Gasteiger partial charge in [-0.15, -0.1) is 0 Å². The zero-order valence-electron chi connectivity index (χ0n) is 16.2. The number of amides is 1. The first-order chi connectivity index (χ1) is 14.1. The van der Waals surface area contributed by atoms with Gasteiger partial charge in [0.2, 0.25) is 0 Å². The number of carbonyl (C=O) groups excluding carboxylic acids is 1. The molecule has 2 aromatic carbocycles. The number of hydrogen-bond donors (Lipinski definition) is 0. The Morgan fingerprint density at radius 1 is 0.931 bits per heavy atom. The normalized spacial score (nSPS) is 19.9. The van der Waals surface area contributed by atoms with Crippen LogP contribution in [0.3, 0.4) is 0 Å². The highest BCUT2D eigenvalue weighted by atomic mass is 32.2. The molecule has 0 aromatic heterocycles. The summed E-state index contributed by atoms with van der Waals surface area (Å²) in [6, 6.07) is 20.9. The summed E-state index contributed by atoms with van der Waals surface area (Å²) in [5, 5.41) is 1.10. The van der Waals surface area contributed by atoms with Gasteiger partial charge in [-0.25, -0.2) is 0 Å². The standard InChI is InChI=1S/C23H20N2OS3/c1-3-25-19(15-14-18-22(26)24(2)23(27)28-18)29-21(17-12-8-5-9-13-17)20(25)16-10-6-4-7-11-16/h4-15H,3H2,1-2H3/b18-14-,19-15+. The topological polar surface area (TPSA) is 23.6 Å². The van der Waals surface area contributed by atoms with E-state index in [4.69, 9.17) is 12.2 Å². The number of hydrogen-bond acceptors (Lipinski definition) is 5. The Kier molecular flexibility index (Phi) is 5.94. The summed E-state index contributed by atoms with van der Waals surface area (Å²) in [5.41, 5.74) is 3.58. The van der Waals surface area contributed by atoms with E-state index < -0.39 is 0 Å². The van der Waals surface area contributed by atoms with E-state index in [0.717, 1.165) is 11.6 Å². The molecule has 2 aliphatic heterocycles. The smallest absolute Gasteiger partial charge is 0.265 e. The molecule has 2 aromatic rings. The summed E-state index contributed by atoms with van der Waals surface area (Å²) in [4.78, 5) is 18.1. The molecule has 0 saturated carbocycles. The Labute approximate surface area is 185 Å². The monoisotopic (exact) mass is 436 g/mol. The molecule has 0 atom stereocenters. The largest absolute Gasteiger partial charge is 0.335 e. The molecular formula is C23H20N2OS3. The summed E-state index contributed by atoms with van der Waals surface area (Å²) in [5.74, 6) is -0.0394. The highest BCUT2D eigenvalue weighted by Gasteiger charge is 2.30. The van der Waals surface area contributed by atoms with Crippen molar-refractivity contribution in [3.63, 3.8) is 0 Å². The van der Waals surface area contributed by atoms with Gasteiger partial charge in [0.15, 0.2) is 0 Å². The molecule has 0 unspecified atom stereocenters. The molecule has 0 bridgehead atoms. The van der Waals surface area contributed by atoms with E-state index in [0.29, 0.717) is 9.23 Å². The Morgan fingerprint density at radius 2 is 1.55 bits per heavy atom. The number of carbonyl (C=O) groups is 1. The van der Waals surface area contributed by atoms with Crippen molar-refractivity contribution in [1.82, 2.24) is 9.80 Å². The molecule has 3 nitrogen and oxygen atoms in total. The van der Waals surface area contributed by atoms with Crippen LogP contribution < -0.4 is 0 Å². The minimum absolute atomic E-state index is 0.0394. The van der Waals surface area contributed by atoms with Crippen molar-refractivity contribution in [2.45, 2.75) is 6.92 Å². The fourth-order valence-corrected chi connectivity index (χ4v) is 5.63. The lowest BCUT2D eigenvalue weighted by Crippen LogP contribution is -2.22. The van der Waals surface area contributed by atoms with Gasteiger partial charge < -0.3 is 4.90 Å². The van der Waals surface area contributed by atoms with Gasteiger partial charge >= 0.3 is 0 Å². The van der Waals surface area contributed by atoms with E-state index in [9.17, 15) is 4.79 Å². The molecule has 0 N–H and O–H groups in total. The Morgan fingerprint density at radius 3 is 2.10 bits per heavy atom. The number of nitrogens with zero attached hydrogens (tertiary/aromatic N) is 2. The lowest BCUT2D eigenvalue weighted by molar-refractivity contribution is -0.121. The maximum Gasteiger partial charge on any atom is 0.265 e. The van der Waals surface area contributed by atoms with Crippen LogP contribution in [0.5, 0.6) is 0 Å². The van der Waals surface area contributed by atoms with Crippen LogP contribution >= 0.6 is 35.7 Å². The SMILES string of the molecule is CCN1C(c2ccccc2)=C(c2ccccc2)S/C1=C/C=C1\SC(=S)N(C)C1=O. The molecular weight excluding hydrogens is 416 g/mol. The van der Waals surface area contributed by atoms with Crippen LogP contribution in [0.15, 0.2) is 82.7 Å². The summed E-state index contributed by atoms with van der Waals surface area (Å²) < 4.78 is 0.596. The van der Waals surface area contributed by atoms with Crippen molar-refractivity contribution in [2.75, 3.05) is 13.6 Å². The Bertz CT molecular complexity index is 1040. The zero-order chi connectivity index (χ0) is 20.4. The first kappa shape index (κ1) is 20.0. The van der Waals surface area contributed by atoms with Crippen LogP contribution in [-0.2, 0) is 4.79 Å². The molecule has 0 spiro atoms. The van der Waals surface area contributed by atoms with Crippen LogP contribution in [0.1, 0.15) is 18.1 Å². The molecule has 2 aliphatic rings. The van der Waals surface area contributed by atoms with Crippen molar-refractivity contribution in [3.05, 3.63) is 93.9 Å². The van der Waals surface area contributed by atoms with Crippen LogP contribution in [0.2, 0.25) is 0 Å². The van der Waals surface area contributed by atoms with Crippen LogP contribution in [0, 0.1) is 0 Å². The second-order valence-electron chi connectivity index (χ2n) is 6.52. The number of likely N-dealkylation sites (N-methyl/N-ethyl adjacent to an activating group) is 1. The molecule has 4 rings (SSSR count). The Balaban J connectivity index is 1.77. The first-order valence-electron chi connectivity index (χ1n) is 9.32. The maximum atomic E-state index is 12.3. The van der Waals surface area contributed by atoms with Gasteiger partial charge in [-0.1, -0.05) is 96.4 Å². The lowest BCUT2D eigenvalue weighted by Gasteiger charge is -2.21. The third kappa shape index (κ3) is 3.92. The molecule has 1 fully saturated rings. The van der Waals surface area contributed by atoms with Gasteiger partial charge in [0.1, 0.15) is 4.32 Å². The minimum atomic E-state index is -0.0394. The first-order valence-corrected chi connectivity index (χ1v) is 11.4. The highest BCUT2D eigenvalue weighted by Crippen LogP contribution is 2.50. The molecule has 0 radical (unpaired) electrons. The van der Waals surface area contributed by atoms with Crippen LogP contribution in [0.4, 0.5) is 0 Å². The molecule has 6 heteroatoms. The summed E-state index contributed by atoms with van der Waals surface area (Å²) in [7, 11) is 1.72. The van der Waals surface area contributed by atoms with Crippen molar-refractivity contribution in [1.29, 1.82) is 0 Å². The van der Waals surface area contributed by atoms with E-state index in [1.807, 2.05) is 24.3 Å². The van der Waals surface area contributed by atoms with E-state index in [2.05, 4.69) is 60.4 Å². The third-order valence-electron chi connectivity index (χ3n) is 4.72. The molecule has 1 amide bonds. The van der Waals surface area contributed by atoms with Crippen LogP contribution in [0.25, 0.3) is 10.6 Å². The molecule has 146 valence electrons. The van der Waals surface area contributed by atoms with Crippen molar-refractivity contribution in [2.24, 2.45) is 0 Å². The molecule has 1 saturated heterocycles. The van der Waals surface area contributed by atoms with Crippen molar-refractivity contribution >= 4 is 56.6 Å². The maximum absolute atomic E-state index is 12.3.